The van der Waals surface area contributed by atoms with Crippen molar-refractivity contribution >= 4 is 53.3 Å². The Morgan fingerprint density at radius 2 is 1.00 bits per heavy atom. The minimum atomic E-state index is -1.24. The van der Waals surface area contributed by atoms with E-state index in [4.69, 9.17) is 34.4 Å². The number of nitrogens with zero attached hydrogens (tertiary/aromatic N) is 2. The molecule has 0 saturated carbocycles. The van der Waals surface area contributed by atoms with Crippen LogP contribution in [-0.2, 0) is 33.6 Å². The van der Waals surface area contributed by atoms with E-state index in [2.05, 4.69) is 41.9 Å². The lowest BCUT2D eigenvalue weighted by Crippen LogP contribution is -2.58. The second-order valence-corrected chi connectivity index (χ2v) is 14.2. The molecular formula is C34H66N14O8. The van der Waals surface area contributed by atoms with E-state index >= 15 is 0 Å². The molecule has 0 aliphatic heterocycles. The van der Waals surface area contributed by atoms with Crippen LogP contribution >= 0.6 is 0 Å². The average Bonchev–Trinajstić information content (AvgIpc) is 3.10. The van der Waals surface area contributed by atoms with Crippen molar-refractivity contribution in [1.82, 2.24) is 31.9 Å². The predicted molar refractivity (Wildman–Crippen MR) is 211 cm³/mol. The van der Waals surface area contributed by atoms with Crippen molar-refractivity contribution in [2.75, 3.05) is 32.7 Å². The number of unbranched alkanes of at least 4 members (excludes halogenated alkanes) is 1. The summed E-state index contributed by atoms with van der Waals surface area (Å²) in [6, 6.07) is -5.66. The van der Waals surface area contributed by atoms with Gasteiger partial charge in [-0.25, -0.2) is 4.79 Å². The summed E-state index contributed by atoms with van der Waals surface area (Å²) in [5.74, 6) is -5.96. The third-order valence-electron chi connectivity index (χ3n) is 8.01. The number of aliphatic carboxylic acids is 1. The molecule has 0 rings (SSSR count). The molecule has 0 heterocycles. The highest BCUT2D eigenvalue weighted by Gasteiger charge is 2.32. The van der Waals surface area contributed by atoms with Crippen molar-refractivity contribution in [2.45, 2.75) is 116 Å². The van der Waals surface area contributed by atoms with Gasteiger partial charge in [0.25, 0.3) is 0 Å². The first-order valence-electron chi connectivity index (χ1n) is 18.8. The minimum Gasteiger partial charge on any atom is -0.480 e. The van der Waals surface area contributed by atoms with Gasteiger partial charge >= 0.3 is 5.97 Å². The summed E-state index contributed by atoms with van der Waals surface area (Å²) < 4.78 is 0. The monoisotopic (exact) mass is 799 g/mol. The number of hydrogen-bond donors (Lipinski definition) is 13. The van der Waals surface area contributed by atoms with Crippen LogP contribution in [0, 0.1) is 11.8 Å². The molecule has 320 valence electrons. The van der Waals surface area contributed by atoms with Crippen LogP contribution in [0.3, 0.4) is 0 Å². The Labute approximate surface area is 328 Å². The number of nitrogens with one attached hydrogen (secondary N) is 6. The zero-order valence-electron chi connectivity index (χ0n) is 33.1. The maximum Gasteiger partial charge on any atom is 0.326 e. The van der Waals surface area contributed by atoms with E-state index in [0.29, 0.717) is 25.8 Å². The Morgan fingerprint density at radius 3 is 1.48 bits per heavy atom. The van der Waals surface area contributed by atoms with Crippen LogP contribution in [-0.4, -0.2) is 121 Å². The number of carbonyl (C=O) groups is 7. The maximum absolute atomic E-state index is 13.7. The molecule has 6 amide bonds. The molecule has 0 fully saturated rings. The lowest BCUT2D eigenvalue weighted by molar-refractivity contribution is -0.143. The van der Waals surface area contributed by atoms with Gasteiger partial charge in [-0.05, 0) is 69.7 Å². The largest absolute Gasteiger partial charge is 0.480 e. The highest BCUT2D eigenvalue weighted by atomic mass is 16.4. The van der Waals surface area contributed by atoms with E-state index < -0.39 is 84.7 Å². The standard InChI is InChI=1S/C34H66N14O8/c1-19(2)15-24(31(54)46-23(11-8-14-42-34(39)40)30(53)48-25(32(55)56)16-20(3)4)47-29(52)22(10-7-13-41-33(37)38)45-27(50)18-43-26(49)17-44-28(51)21(36)9-5-6-12-35/h19-25H,5-18,35-36H2,1-4H3,(H,43,49)(H,44,51)(H,45,50)(H,46,54)(H,47,52)(H,48,53)(H,55,56)(H4,37,38,41)(H4,39,40,42)/t21-,22-,23-,24-,25-/m0/s1. The molecule has 0 saturated heterocycles. The number of carboxylic acids is 1. The normalized spacial score (nSPS) is 13.6. The second kappa shape index (κ2) is 28.2. The van der Waals surface area contributed by atoms with Crippen LogP contribution in [0.2, 0.25) is 0 Å². The molecule has 0 radical (unpaired) electrons. The van der Waals surface area contributed by atoms with E-state index in [1.165, 1.54) is 0 Å². The summed E-state index contributed by atoms with van der Waals surface area (Å²) >= 11 is 0. The van der Waals surface area contributed by atoms with Crippen LogP contribution in [0.15, 0.2) is 9.98 Å². The van der Waals surface area contributed by atoms with Crippen LogP contribution in [0.4, 0.5) is 0 Å². The summed E-state index contributed by atoms with van der Waals surface area (Å²) in [6.07, 6.45) is 2.54. The van der Waals surface area contributed by atoms with E-state index in [1.54, 1.807) is 13.8 Å². The molecule has 0 spiro atoms. The fourth-order valence-electron chi connectivity index (χ4n) is 5.18. The summed E-state index contributed by atoms with van der Waals surface area (Å²) in [5, 5.41) is 24.8. The fourth-order valence-corrected chi connectivity index (χ4v) is 5.18. The lowest BCUT2D eigenvalue weighted by atomic mass is 10.0. The number of hydrogen-bond acceptors (Lipinski definition) is 11. The van der Waals surface area contributed by atoms with E-state index in [9.17, 15) is 38.7 Å². The third-order valence-corrected chi connectivity index (χ3v) is 8.01. The van der Waals surface area contributed by atoms with Crippen LogP contribution in [0.5, 0.6) is 0 Å². The highest BCUT2D eigenvalue weighted by Crippen LogP contribution is 2.10. The minimum absolute atomic E-state index is 0.0265. The SMILES string of the molecule is CC(C)C[C@H](NC(=O)[C@H](CCCN=C(N)N)NC(=O)[C@H](CC(C)C)NC(=O)[C@H](CCCN=C(N)N)NC(=O)CNC(=O)CNC(=O)[C@@H](N)CCCCN)C(=O)O. The number of carbonyl (C=O) groups excluding carboxylic acids is 6. The van der Waals surface area contributed by atoms with E-state index in [1.807, 2.05) is 13.8 Å². The van der Waals surface area contributed by atoms with Gasteiger partial charge in [-0.15, -0.1) is 0 Å². The number of guanidine groups is 2. The molecular weight excluding hydrogens is 732 g/mol. The average molecular weight is 799 g/mol. The van der Waals surface area contributed by atoms with Gasteiger partial charge in [-0.1, -0.05) is 34.1 Å². The first-order chi connectivity index (χ1) is 26.3. The van der Waals surface area contributed by atoms with Crippen molar-refractivity contribution in [3.8, 4) is 0 Å². The summed E-state index contributed by atoms with van der Waals surface area (Å²) in [6.45, 7) is 6.95. The number of carboxylic acid groups (broad SMARTS) is 1. The number of nitrogens with two attached hydrogens (primary N) is 6. The molecule has 56 heavy (non-hydrogen) atoms. The zero-order valence-corrected chi connectivity index (χ0v) is 33.1. The van der Waals surface area contributed by atoms with E-state index in [0.717, 1.165) is 0 Å². The van der Waals surface area contributed by atoms with Crippen molar-refractivity contribution < 1.29 is 38.7 Å². The van der Waals surface area contributed by atoms with Gasteiger partial charge in [0.05, 0.1) is 19.1 Å². The Hall–Kier alpha value is -5.25. The van der Waals surface area contributed by atoms with Gasteiger partial charge in [0.2, 0.25) is 35.4 Å². The van der Waals surface area contributed by atoms with Crippen molar-refractivity contribution in [3.63, 3.8) is 0 Å². The molecule has 0 bridgehead atoms. The highest BCUT2D eigenvalue weighted by molar-refractivity contribution is 5.95. The van der Waals surface area contributed by atoms with Gasteiger partial charge in [0.1, 0.15) is 24.2 Å². The third kappa shape index (κ3) is 24.2. The van der Waals surface area contributed by atoms with Gasteiger partial charge in [-0.2, -0.15) is 0 Å². The smallest absolute Gasteiger partial charge is 0.326 e. The molecule has 22 heteroatoms. The van der Waals surface area contributed by atoms with Gasteiger partial charge in [0.15, 0.2) is 11.9 Å². The summed E-state index contributed by atoms with van der Waals surface area (Å²) in [4.78, 5) is 97.8. The number of rotatable bonds is 29. The molecule has 0 aliphatic rings. The van der Waals surface area contributed by atoms with Crippen LogP contribution < -0.4 is 66.3 Å². The molecule has 5 atom stereocenters. The van der Waals surface area contributed by atoms with Crippen LogP contribution in [0.1, 0.15) is 85.5 Å². The summed E-state index contributed by atoms with van der Waals surface area (Å²) in [7, 11) is 0. The lowest BCUT2D eigenvalue weighted by Gasteiger charge is -2.27. The Kier molecular flexibility index (Phi) is 25.6. The second-order valence-electron chi connectivity index (χ2n) is 14.2. The first kappa shape index (κ1) is 50.8. The van der Waals surface area contributed by atoms with Crippen molar-refractivity contribution in [3.05, 3.63) is 0 Å². The molecule has 22 nitrogen and oxygen atoms in total. The molecule has 0 aromatic carbocycles. The van der Waals surface area contributed by atoms with E-state index in [-0.39, 0.29) is 75.4 Å². The van der Waals surface area contributed by atoms with Crippen LogP contribution in [0.25, 0.3) is 0 Å². The Balaban J connectivity index is 5.92. The maximum atomic E-state index is 13.7. The van der Waals surface area contributed by atoms with Gasteiger partial charge < -0.3 is 71.4 Å². The molecule has 19 N–H and O–H groups in total. The van der Waals surface area contributed by atoms with Crippen molar-refractivity contribution in [2.24, 2.45) is 56.2 Å². The first-order valence-corrected chi connectivity index (χ1v) is 18.8. The predicted octanol–water partition coefficient (Wildman–Crippen LogP) is -4.10. The molecule has 0 aromatic rings. The van der Waals surface area contributed by atoms with Gasteiger partial charge in [0, 0.05) is 13.1 Å². The molecule has 0 aromatic heterocycles. The zero-order chi connectivity index (χ0) is 42.8. The molecule has 0 aliphatic carbocycles. The Morgan fingerprint density at radius 1 is 0.554 bits per heavy atom. The number of aliphatic imine (C=N–C) groups is 2. The van der Waals surface area contributed by atoms with Gasteiger partial charge in [-0.3, -0.25) is 38.8 Å². The summed E-state index contributed by atoms with van der Waals surface area (Å²) in [5.41, 5.74) is 32.9. The van der Waals surface area contributed by atoms with Crippen molar-refractivity contribution in [1.29, 1.82) is 0 Å². The number of amides is 6. The Bertz CT molecular complexity index is 1340. The molecule has 0 unspecified atom stereocenters. The quantitative estimate of drug-likeness (QED) is 0.0194. The topological polar surface area (TPSA) is 393 Å². The fraction of sp³-hybridized carbons (Fsp3) is 0.735.